The largest absolute Gasteiger partial charge is 0.314 e. The summed E-state index contributed by atoms with van der Waals surface area (Å²) >= 11 is 0. The maximum absolute atomic E-state index is 3.74. The summed E-state index contributed by atoms with van der Waals surface area (Å²) in [6.45, 7) is 5.64. The Morgan fingerprint density at radius 3 is 2.84 bits per heavy atom. The van der Waals surface area contributed by atoms with Gasteiger partial charge in [-0.05, 0) is 63.0 Å². The van der Waals surface area contributed by atoms with Crippen LogP contribution in [-0.4, -0.2) is 12.6 Å². The summed E-state index contributed by atoms with van der Waals surface area (Å²) in [5, 5.41) is 3.74. The highest BCUT2D eigenvalue weighted by atomic mass is 14.9. The highest BCUT2D eigenvalue weighted by Crippen LogP contribution is 2.44. The smallest absolute Gasteiger partial charge is 0.00729 e. The third kappa shape index (κ3) is 2.92. The van der Waals surface area contributed by atoms with Crippen LogP contribution in [0.5, 0.6) is 0 Å². The van der Waals surface area contributed by atoms with E-state index in [4.69, 9.17) is 0 Å². The number of hydrogen-bond donors (Lipinski definition) is 1. The first kappa shape index (κ1) is 12.9. The van der Waals surface area contributed by atoms with E-state index in [1.807, 2.05) is 0 Å². The zero-order valence-electron chi connectivity index (χ0n) is 12.1. The third-order valence-corrected chi connectivity index (χ3v) is 4.93. The second-order valence-electron chi connectivity index (χ2n) is 6.43. The first-order chi connectivity index (χ1) is 9.22. The molecule has 1 N–H and O–H groups in total. The summed E-state index contributed by atoms with van der Waals surface area (Å²) in [6.07, 6.45) is 8.84. The van der Waals surface area contributed by atoms with Gasteiger partial charge in [0.25, 0.3) is 0 Å². The molecule has 1 saturated carbocycles. The van der Waals surface area contributed by atoms with Crippen LogP contribution < -0.4 is 5.32 Å². The molecule has 0 aromatic heterocycles. The van der Waals surface area contributed by atoms with Crippen molar-refractivity contribution in [2.24, 2.45) is 17.8 Å². The monoisotopic (exact) mass is 255 g/mol. The molecule has 3 rings (SSSR count). The Morgan fingerprint density at radius 2 is 2.16 bits per heavy atom. The Balaban J connectivity index is 1.46. The molecule has 2 aliphatic rings. The molecule has 4 unspecified atom stereocenters. The lowest BCUT2D eigenvalue weighted by molar-refractivity contribution is 0.329. The molecule has 0 spiro atoms. The zero-order chi connectivity index (χ0) is 13.2. The predicted octanol–water partition coefficient (Wildman–Crippen LogP) is 3.73. The van der Waals surface area contributed by atoms with E-state index in [1.54, 1.807) is 0 Å². The van der Waals surface area contributed by atoms with Crippen molar-refractivity contribution in [2.45, 2.75) is 39.2 Å². The molecular weight excluding hydrogens is 230 g/mol. The van der Waals surface area contributed by atoms with E-state index in [0.29, 0.717) is 6.04 Å². The minimum Gasteiger partial charge on any atom is -0.314 e. The Kier molecular flexibility index (Phi) is 3.74. The second-order valence-corrected chi connectivity index (χ2v) is 6.43. The minimum atomic E-state index is 0.657. The molecule has 1 fully saturated rings. The van der Waals surface area contributed by atoms with Crippen LogP contribution in [0.25, 0.3) is 0 Å². The van der Waals surface area contributed by atoms with E-state index in [9.17, 15) is 0 Å². The zero-order valence-corrected chi connectivity index (χ0v) is 12.1. The summed E-state index contributed by atoms with van der Waals surface area (Å²) < 4.78 is 0. The summed E-state index contributed by atoms with van der Waals surface area (Å²) in [6, 6.07) is 9.52. The molecule has 1 aromatic carbocycles. The van der Waals surface area contributed by atoms with Crippen molar-refractivity contribution in [1.82, 2.24) is 5.32 Å². The van der Waals surface area contributed by atoms with Crippen LogP contribution in [0.1, 0.15) is 30.9 Å². The van der Waals surface area contributed by atoms with Crippen molar-refractivity contribution in [2.75, 3.05) is 6.54 Å². The molecule has 102 valence electrons. The normalized spacial score (nSPS) is 29.9. The molecule has 2 aliphatic carbocycles. The number of hydrogen-bond acceptors (Lipinski definition) is 1. The van der Waals surface area contributed by atoms with Gasteiger partial charge in [0.05, 0.1) is 0 Å². The van der Waals surface area contributed by atoms with E-state index < -0.39 is 0 Å². The topological polar surface area (TPSA) is 12.0 Å². The Labute approximate surface area is 117 Å². The Morgan fingerprint density at radius 1 is 1.26 bits per heavy atom. The van der Waals surface area contributed by atoms with Gasteiger partial charge in [-0.3, -0.25) is 0 Å². The number of aryl methyl sites for hydroxylation is 1. The lowest BCUT2D eigenvalue weighted by atomic mass is 9.87. The number of nitrogens with one attached hydrogen (secondary N) is 1. The highest BCUT2D eigenvalue weighted by molar-refractivity contribution is 5.22. The first-order valence-electron chi connectivity index (χ1n) is 7.69. The molecule has 0 radical (unpaired) electrons. The Bertz CT molecular complexity index is 463. The van der Waals surface area contributed by atoms with Gasteiger partial charge in [-0.25, -0.2) is 0 Å². The van der Waals surface area contributed by atoms with Gasteiger partial charge in [-0.15, -0.1) is 0 Å². The lowest BCUT2D eigenvalue weighted by Gasteiger charge is -2.26. The summed E-state index contributed by atoms with van der Waals surface area (Å²) in [7, 11) is 0. The van der Waals surface area contributed by atoms with Gasteiger partial charge < -0.3 is 5.32 Å². The van der Waals surface area contributed by atoms with Crippen LogP contribution in [0.15, 0.2) is 36.4 Å². The van der Waals surface area contributed by atoms with Crippen molar-refractivity contribution < 1.29 is 0 Å². The number of fused-ring (bicyclic) bond motifs is 2. The van der Waals surface area contributed by atoms with Crippen molar-refractivity contribution in [3.63, 3.8) is 0 Å². The molecule has 1 heteroatoms. The highest BCUT2D eigenvalue weighted by Gasteiger charge is 2.38. The van der Waals surface area contributed by atoms with E-state index in [2.05, 4.69) is 55.6 Å². The summed E-state index contributed by atoms with van der Waals surface area (Å²) in [5.74, 6) is 2.61. The van der Waals surface area contributed by atoms with Gasteiger partial charge in [-0.1, -0.05) is 42.0 Å². The summed E-state index contributed by atoms with van der Waals surface area (Å²) in [5.41, 5.74) is 2.82. The molecule has 0 amide bonds. The van der Waals surface area contributed by atoms with Gasteiger partial charge in [0.1, 0.15) is 0 Å². The van der Waals surface area contributed by atoms with Crippen LogP contribution in [0.4, 0.5) is 0 Å². The maximum Gasteiger partial charge on any atom is 0.00729 e. The number of benzene rings is 1. The van der Waals surface area contributed by atoms with Gasteiger partial charge in [0.15, 0.2) is 0 Å². The van der Waals surface area contributed by atoms with E-state index in [1.165, 1.54) is 24.0 Å². The van der Waals surface area contributed by atoms with E-state index in [-0.39, 0.29) is 0 Å². The number of allylic oxidation sites excluding steroid dienone is 2. The summed E-state index contributed by atoms with van der Waals surface area (Å²) in [4.78, 5) is 0. The fourth-order valence-electron chi connectivity index (χ4n) is 3.86. The molecule has 0 heterocycles. The van der Waals surface area contributed by atoms with Gasteiger partial charge in [0.2, 0.25) is 0 Å². The van der Waals surface area contributed by atoms with Crippen molar-refractivity contribution in [3.05, 3.63) is 47.5 Å². The molecule has 1 nitrogen and oxygen atoms in total. The fourth-order valence-corrected chi connectivity index (χ4v) is 3.86. The SMILES string of the molecule is Cc1cccc(CCNC(C)C2CC3C=CC2C3)c1. The van der Waals surface area contributed by atoms with Crippen LogP contribution in [0, 0.1) is 24.7 Å². The lowest BCUT2D eigenvalue weighted by Crippen LogP contribution is -2.36. The Hall–Kier alpha value is -1.08. The molecule has 1 aromatic rings. The van der Waals surface area contributed by atoms with E-state index in [0.717, 1.165) is 30.7 Å². The molecule has 2 bridgehead atoms. The molecule has 0 saturated heterocycles. The third-order valence-electron chi connectivity index (χ3n) is 4.93. The minimum absolute atomic E-state index is 0.657. The van der Waals surface area contributed by atoms with Crippen molar-refractivity contribution in [3.8, 4) is 0 Å². The van der Waals surface area contributed by atoms with Crippen molar-refractivity contribution >= 4 is 0 Å². The van der Waals surface area contributed by atoms with Crippen LogP contribution in [0.2, 0.25) is 0 Å². The van der Waals surface area contributed by atoms with Crippen LogP contribution >= 0.6 is 0 Å². The quantitative estimate of drug-likeness (QED) is 0.791. The average Bonchev–Trinajstić information content (AvgIpc) is 3.01. The molecule has 0 aliphatic heterocycles. The number of rotatable bonds is 5. The molecule has 4 atom stereocenters. The van der Waals surface area contributed by atoms with E-state index >= 15 is 0 Å². The van der Waals surface area contributed by atoms with Crippen molar-refractivity contribution in [1.29, 1.82) is 0 Å². The van der Waals surface area contributed by atoms with Gasteiger partial charge >= 0.3 is 0 Å². The first-order valence-corrected chi connectivity index (χ1v) is 7.69. The van der Waals surface area contributed by atoms with Crippen LogP contribution in [-0.2, 0) is 6.42 Å². The maximum atomic E-state index is 3.74. The fraction of sp³-hybridized carbons (Fsp3) is 0.556. The standard InChI is InChI=1S/C18H25N/c1-13-4-3-5-15(10-13)8-9-19-14(2)18-12-16-6-7-17(18)11-16/h3-7,10,14,16-19H,8-9,11-12H2,1-2H3. The predicted molar refractivity (Wildman–Crippen MR) is 81.2 cm³/mol. The van der Waals surface area contributed by atoms with Crippen LogP contribution in [0.3, 0.4) is 0 Å². The average molecular weight is 255 g/mol. The molecular formula is C18H25N. The molecule has 19 heavy (non-hydrogen) atoms. The van der Waals surface area contributed by atoms with Gasteiger partial charge in [0, 0.05) is 6.04 Å². The van der Waals surface area contributed by atoms with Gasteiger partial charge in [-0.2, -0.15) is 0 Å². The second kappa shape index (κ2) is 5.50.